The number of benzene rings is 1. The Morgan fingerprint density at radius 2 is 2.10 bits per heavy atom. The molecule has 0 spiro atoms. The molecule has 2 aromatic heterocycles. The molecule has 0 aliphatic rings. The maximum atomic E-state index is 5.38. The summed E-state index contributed by atoms with van der Waals surface area (Å²) in [6.07, 6.45) is 5.52. The quantitative estimate of drug-likeness (QED) is 0.772. The summed E-state index contributed by atoms with van der Waals surface area (Å²) in [4.78, 5) is 4.40. The number of rotatable bonds is 5. The lowest BCUT2D eigenvalue weighted by atomic mass is 10.1. The second-order valence-corrected chi connectivity index (χ2v) is 4.41. The number of methoxy groups -OCH3 is 1. The molecule has 2 heterocycles. The first-order valence-electron chi connectivity index (χ1n) is 6.51. The van der Waals surface area contributed by atoms with Crippen LogP contribution in [0.25, 0.3) is 10.8 Å². The predicted molar refractivity (Wildman–Crippen MR) is 79.0 cm³/mol. The lowest BCUT2D eigenvalue weighted by Gasteiger charge is -2.10. The van der Waals surface area contributed by atoms with Crippen LogP contribution in [0.5, 0.6) is 5.75 Å². The van der Waals surface area contributed by atoms with E-state index in [2.05, 4.69) is 15.4 Å². The highest BCUT2D eigenvalue weighted by Crippen LogP contribution is 2.28. The topological polar surface area (TPSA) is 52.0 Å². The zero-order valence-corrected chi connectivity index (χ0v) is 11.3. The number of hydrogen-bond acceptors (Lipinski definition) is 4. The van der Waals surface area contributed by atoms with Gasteiger partial charge in [0, 0.05) is 35.9 Å². The van der Waals surface area contributed by atoms with E-state index in [1.54, 1.807) is 19.5 Å². The van der Waals surface area contributed by atoms with E-state index in [4.69, 9.17) is 4.74 Å². The predicted octanol–water partition coefficient (Wildman–Crippen LogP) is 2.55. The number of pyridine rings is 1. The molecule has 0 atom stereocenters. The van der Waals surface area contributed by atoms with Crippen molar-refractivity contribution in [1.82, 2.24) is 14.8 Å². The third-order valence-electron chi connectivity index (χ3n) is 3.18. The van der Waals surface area contributed by atoms with Crippen LogP contribution in [0, 0.1) is 0 Å². The molecule has 0 radical (unpaired) electrons. The van der Waals surface area contributed by atoms with E-state index in [1.807, 2.05) is 41.2 Å². The molecule has 0 aliphatic carbocycles. The molecule has 5 nitrogen and oxygen atoms in total. The van der Waals surface area contributed by atoms with Crippen LogP contribution in [0.2, 0.25) is 0 Å². The van der Waals surface area contributed by atoms with Crippen molar-refractivity contribution in [2.45, 2.75) is 6.54 Å². The van der Waals surface area contributed by atoms with Gasteiger partial charge in [-0.2, -0.15) is 5.10 Å². The summed E-state index contributed by atoms with van der Waals surface area (Å²) in [5, 5.41) is 9.65. The molecule has 0 unspecified atom stereocenters. The van der Waals surface area contributed by atoms with E-state index in [0.717, 1.165) is 35.4 Å². The van der Waals surface area contributed by atoms with Crippen LogP contribution in [0.1, 0.15) is 0 Å². The van der Waals surface area contributed by atoms with Crippen molar-refractivity contribution in [3.8, 4) is 5.75 Å². The third-order valence-corrected chi connectivity index (χ3v) is 3.18. The normalized spacial score (nSPS) is 10.7. The molecule has 3 rings (SSSR count). The van der Waals surface area contributed by atoms with Crippen molar-refractivity contribution in [1.29, 1.82) is 0 Å². The van der Waals surface area contributed by atoms with Gasteiger partial charge in [-0.3, -0.25) is 4.68 Å². The second-order valence-electron chi connectivity index (χ2n) is 4.41. The SMILES string of the molecule is COc1cccc2c(NCCn3cccn3)nccc12. The number of fused-ring (bicyclic) bond motifs is 1. The fraction of sp³-hybridized carbons (Fsp3) is 0.200. The van der Waals surface area contributed by atoms with Gasteiger partial charge in [0.05, 0.1) is 13.7 Å². The minimum Gasteiger partial charge on any atom is -0.496 e. The molecule has 5 heteroatoms. The molecule has 0 amide bonds. The molecule has 1 N–H and O–H groups in total. The molecule has 20 heavy (non-hydrogen) atoms. The molecule has 0 saturated heterocycles. The van der Waals surface area contributed by atoms with E-state index in [1.165, 1.54) is 0 Å². The average Bonchev–Trinajstić information content (AvgIpc) is 3.00. The first kappa shape index (κ1) is 12.5. The molecule has 3 aromatic rings. The molecule has 1 aromatic carbocycles. The van der Waals surface area contributed by atoms with Crippen molar-refractivity contribution in [2.24, 2.45) is 0 Å². The molecule has 0 fully saturated rings. The number of hydrogen-bond donors (Lipinski definition) is 1. The van der Waals surface area contributed by atoms with Crippen LogP contribution < -0.4 is 10.1 Å². The Hall–Kier alpha value is -2.56. The summed E-state index contributed by atoms with van der Waals surface area (Å²) in [5.74, 6) is 1.73. The largest absolute Gasteiger partial charge is 0.496 e. The average molecular weight is 268 g/mol. The Morgan fingerprint density at radius 3 is 2.90 bits per heavy atom. The van der Waals surface area contributed by atoms with Gasteiger partial charge in [-0.1, -0.05) is 12.1 Å². The highest BCUT2D eigenvalue weighted by atomic mass is 16.5. The fourth-order valence-electron chi connectivity index (χ4n) is 2.22. The zero-order valence-electron chi connectivity index (χ0n) is 11.3. The van der Waals surface area contributed by atoms with Crippen molar-refractivity contribution in [2.75, 3.05) is 19.0 Å². The summed E-state index contributed by atoms with van der Waals surface area (Å²) >= 11 is 0. The number of ether oxygens (including phenoxy) is 1. The number of anilines is 1. The maximum absolute atomic E-state index is 5.38. The van der Waals surface area contributed by atoms with E-state index in [0.29, 0.717) is 0 Å². The van der Waals surface area contributed by atoms with Crippen LogP contribution in [0.3, 0.4) is 0 Å². The molecular formula is C15H16N4O. The number of aromatic nitrogens is 3. The van der Waals surface area contributed by atoms with Crippen LogP contribution in [-0.2, 0) is 6.54 Å². The standard InChI is InChI=1S/C15H16N4O/c1-20-14-5-2-4-13-12(14)6-8-16-15(13)17-9-11-19-10-3-7-18-19/h2-8,10H,9,11H2,1H3,(H,16,17). The van der Waals surface area contributed by atoms with E-state index >= 15 is 0 Å². The summed E-state index contributed by atoms with van der Waals surface area (Å²) in [5.41, 5.74) is 0. The van der Waals surface area contributed by atoms with Gasteiger partial charge < -0.3 is 10.1 Å². The van der Waals surface area contributed by atoms with Crippen molar-refractivity contribution < 1.29 is 4.74 Å². The molecule has 0 saturated carbocycles. The Labute approximate surface area is 117 Å². The first-order chi connectivity index (χ1) is 9.88. The Bertz CT molecular complexity index is 694. The van der Waals surface area contributed by atoms with Gasteiger partial charge >= 0.3 is 0 Å². The lowest BCUT2D eigenvalue weighted by Crippen LogP contribution is -2.11. The summed E-state index contributed by atoms with van der Waals surface area (Å²) < 4.78 is 7.26. The smallest absolute Gasteiger partial charge is 0.134 e. The van der Waals surface area contributed by atoms with Gasteiger partial charge in [-0.25, -0.2) is 4.98 Å². The van der Waals surface area contributed by atoms with Crippen LogP contribution in [0.15, 0.2) is 48.9 Å². The van der Waals surface area contributed by atoms with Gasteiger partial charge in [-0.05, 0) is 18.2 Å². The van der Waals surface area contributed by atoms with Crippen LogP contribution in [0.4, 0.5) is 5.82 Å². The van der Waals surface area contributed by atoms with Gasteiger partial charge in [0.1, 0.15) is 11.6 Å². The van der Waals surface area contributed by atoms with Crippen molar-refractivity contribution >= 4 is 16.6 Å². The van der Waals surface area contributed by atoms with E-state index in [-0.39, 0.29) is 0 Å². The lowest BCUT2D eigenvalue weighted by molar-refractivity contribution is 0.420. The van der Waals surface area contributed by atoms with Gasteiger partial charge in [0.15, 0.2) is 0 Å². The number of nitrogens with zero attached hydrogens (tertiary/aromatic N) is 3. The van der Waals surface area contributed by atoms with E-state index < -0.39 is 0 Å². The van der Waals surface area contributed by atoms with Crippen LogP contribution >= 0.6 is 0 Å². The summed E-state index contributed by atoms with van der Waals surface area (Å²) in [7, 11) is 1.68. The molecule has 102 valence electrons. The Balaban J connectivity index is 1.81. The second kappa shape index (κ2) is 5.61. The monoisotopic (exact) mass is 268 g/mol. The van der Waals surface area contributed by atoms with Crippen molar-refractivity contribution in [3.05, 3.63) is 48.9 Å². The zero-order chi connectivity index (χ0) is 13.8. The molecular weight excluding hydrogens is 252 g/mol. The van der Waals surface area contributed by atoms with Gasteiger partial charge in [0.2, 0.25) is 0 Å². The summed E-state index contributed by atoms with van der Waals surface area (Å²) in [6.45, 7) is 1.57. The Kier molecular flexibility index (Phi) is 3.50. The third kappa shape index (κ3) is 2.42. The molecule has 0 aliphatic heterocycles. The van der Waals surface area contributed by atoms with Crippen molar-refractivity contribution in [3.63, 3.8) is 0 Å². The first-order valence-corrected chi connectivity index (χ1v) is 6.51. The minimum atomic E-state index is 0.769. The molecule has 0 bridgehead atoms. The maximum Gasteiger partial charge on any atom is 0.134 e. The van der Waals surface area contributed by atoms with Crippen LogP contribution in [-0.4, -0.2) is 28.4 Å². The van der Waals surface area contributed by atoms with Gasteiger partial charge in [0.25, 0.3) is 0 Å². The minimum absolute atomic E-state index is 0.769. The Morgan fingerprint density at radius 1 is 1.15 bits per heavy atom. The summed E-state index contributed by atoms with van der Waals surface area (Å²) in [6, 6.07) is 9.85. The number of nitrogens with one attached hydrogen (secondary N) is 1. The fourth-order valence-corrected chi connectivity index (χ4v) is 2.22. The van der Waals surface area contributed by atoms with Gasteiger partial charge in [-0.15, -0.1) is 0 Å². The highest BCUT2D eigenvalue weighted by molar-refractivity contribution is 5.95. The highest BCUT2D eigenvalue weighted by Gasteiger charge is 2.05. The van der Waals surface area contributed by atoms with E-state index in [9.17, 15) is 0 Å².